The Morgan fingerprint density at radius 2 is 1.19 bits per heavy atom. The second-order valence-corrected chi connectivity index (χ2v) is 7.58. The van der Waals surface area contributed by atoms with Crippen LogP contribution in [-0.2, 0) is 19.1 Å². The predicted octanol–water partition coefficient (Wildman–Crippen LogP) is 4.01. The fourth-order valence-corrected chi connectivity index (χ4v) is 2.99. The van der Waals surface area contributed by atoms with E-state index in [1.807, 2.05) is 0 Å². The third kappa shape index (κ3) is 7.98. The lowest BCUT2D eigenvalue weighted by atomic mass is 10.1. The lowest BCUT2D eigenvalue weighted by Gasteiger charge is -2.08. The zero-order valence-electron chi connectivity index (χ0n) is 19.1. The van der Waals surface area contributed by atoms with E-state index in [1.54, 1.807) is 30.3 Å². The summed E-state index contributed by atoms with van der Waals surface area (Å²) in [5, 5.41) is 2.58. The molecule has 0 saturated heterocycles. The number of anilines is 1. The quantitative estimate of drug-likeness (QED) is 0.318. The predicted molar refractivity (Wildman–Crippen MR) is 127 cm³/mol. The van der Waals surface area contributed by atoms with E-state index in [0.717, 1.165) is 12.1 Å². The number of ether oxygens (including phenoxy) is 2. The molecule has 0 bridgehead atoms. The summed E-state index contributed by atoms with van der Waals surface area (Å²) >= 11 is 0. The number of Topliss-reactive ketones (excluding diaryl/α,β-unsaturated/α-hetero) is 2. The van der Waals surface area contributed by atoms with E-state index < -0.39 is 42.7 Å². The number of rotatable bonds is 11. The SMILES string of the molecule is O=C(CCC(=O)OCC(=O)c1ccc(F)cc1)Nc1ccc(C(=O)OCC(=O)c2ccccc2)cc1. The first-order valence-corrected chi connectivity index (χ1v) is 10.9. The van der Waals surface area contributed by atoms with Crippen molar-refractivity contribution in [2.45, 2.75) is 12.8 Å². The lowest BCUT2D eigenvalue weighted by molar-refractivity contribution is -0.143. The molecule has 1 N–H and O–H groups in total. The van der Waals surface area contributed by atoms with Gasteiger partial charge in [0.1, 0.15) is 5.82 Å². The number of carbonyl (C=O) groups is 5. The van der Waals surface area contributed by atoms with Crippen molar-refractivity contribution in [3.8, 4) is 0 Å². The number of halogens is 1. The third-order valence-electron chi connectivity index (χ3n) is 4.92. The summed E-state index contributed by atoms with van der Waals surface area (Å²) in [4.78, 5) is 60.0. The van der Waals surface area contributed by atoms with E-state index in [4.69, 9.17) is 9.47 Å². The van der Waals surface area contributed by atoms with Gasteiger partial charge in [-0.1, -0.05) is 30.3 Å². The van der Waals surface area contributed by atoms with Crippen LogP contribution in [0, 0.1) is 5.82 Å². The van der Waals surface area contributed by atoms with Crippen LogP contribution in [0.4, 0.5) is 10.1 Å². The number of carbonyl (C=O) groups excluding carboxylic acids is 5. The number of ketones is 2. The molecular weight excluding hydrogens is 469 g/mol. The maximum absolute atomic E-state index is 12.9. The molecule has 0 radical (unpaired) electrons. The highest BCUT2D eigenvalue weighted by Gasteiger charge is 2.14. The molecule has 184 valence electrons. The highest BCUT2D eigenvalue weighted by molar-refractivity contribution is 6.00. The van der Waals surface area contributed by atoms with Crippen molar-refractivity contribution in [1.82, 2.24) is 0 Å². The normalized spacial score (nSPS) is 10.2. The molecule has 0 spiro atoms. The molecule has 3 aromatic rings. The van der Waals surface area contributed by atoms with Crippen LogP contribution >= 0.6 is 0 Å². The van der Waals surface area contributed by atoms with Gasteiger partial charge >= 0.3 is 11.9 Å². The number of hydrogen-bond donors (Lipinski definition) is 1. The van der Waals surface area contributed by atoms with Gasteiger partial charge in [-0.25, -0.2) is 9.18 Å². The average Bonchev–Trinajstić information content (AvgIpc) is 2.90. The van der Waals surface area contributed by atoms with Gasteiger partial charge in [0.05, 0.1) is 12.0 Å². The van der Waals surface area contributed by atoms with Gasteiger partial charge in [0.2, 0.25) is 5.91 Å². The third-order valence-corrected chi connectivity index (χ3v) is 4.92. The van der Waals surface area contributed by atoms with Crippen molar-refractivity contribution < 1.29 is 37.8 Å². The second kappa shape index (κ2) is 12.7. The molecule has 0 aliphatic carbocycles. The molecule has 0 fully saturated rings. The minimum absolute atomic E-state index is 0.186. The van der Waals surface area contributed by atoms with Gasteiger partial charge in [-0.3, -0.25) is 19.2 Å². The molecule has 0 aromatic heterocycles. The molecule has 8 nitrogen and oxygen atoms in total. The molecule has 0 aliphatic heterocycles. The molecule has 0 heterocycles. The monoisotopic (exact) mass is 491 g/mol. The Balaban J connectivity index is 1.38. The highest BCUT2D eigenvalue weighted by atomic mass is 19.1. The zero-order valence-corrected chi connectivity index (χ0v) is 19.1. The number of hydrogen-bond acceptors (Lipinski definition) is 7. The first-order valence-electron chi connectivity index (χ1n) is 10.9. The number of amides is 1. The van der Waals surface area contributed by atoms with E-state index in [0.29, 0.717) is 11.3 Å². The summed E-state index contributed by atoms with van der Waals surface area (Å²) in [7, 11) is 0. The molecule has 3 aromatic carbocycles. The van der Waals surface area contributed by atoms with Crippen molar-refractivity contribution in [3.63, 3.8) is 0 Å². The van der Waals surface area contributed by atoms with Crippen molar-refractivity contribution in [2.75, 3.05) is 18.5 Å². The van der Waals surface area contributed by atoms with E-state index in [-0.39, 0.29) is 29.8 Å². The minimum atomic E-state index is -0.733. The van der Waals surface area contributed by atoms with Crippen LogP contribution < -0.4 is 5.32 Å². The van der Waals surface area contributed by atoms with E-state index in [9.17, 15) is 28.4 Å². The molecule has 3 rings (SSSR count). The standard InChI is InChI=1S/C27H22FNO7/c28-21-10-6-19(7-11-21)23(30)16-35-26(33)15-14-25(32)29-22-12-8-20(9-13-22)27(34)36-17-24(31)18-4-2-1-3-5-18/h1-13H,14-17H2,(H,29,32). The Morgan fingerprint density at radius 3 is 1.83 bits per heavy atom. The van der Waals surface area contributed by atoms with E-state index >= 15 is 0 Å². The summed E-state index contributed by atoms with van der Waals surface area (Å²) in [6.45, 7) is -0.909. The molecule has 0 aliphatic rings. The maximum Gasteiger partial charge on any atom is 0.338 e. The maximum atomic E-state index is 12.9. The Morgan fingerprint density at radius 1 is 0.639 bits per heavy atom. The van der Waals surface area contributed by atoms with Crippen LogP contribution in [-0.4, -0.2) is 42.6 Å². The van der Waals surface area contributed by atoms with Crippen molar-refractivity contribution in [3.05, 3.63) is 101 Å². The molecule has 0 atom stereocenters. The minimum Gasteiger partial charge on any atom is -0.457 e. The average molecular weight is 491 g/mol. The topological polar surface area (TPSA) is 116 Å². The second-order valence-electron chi connectivity index (χ2n) is 7.58. The largest absolute Gasteiger partial charge is 0.457 e. The van der Waals surface area contributed by atoms with E-state index in [1.165, 1.54) is 36.4 Å². The van der Waals surface area contributed by atoms with E-state index in [2.05, 4.69) is 5.32 Å². The number of benzene rings is 3. The summed E-state index contributed by atoms with van der Waals surface area (Å²) in [5.74, 6) is -3.19. The summed E-state index contributed by atoms with van der Waals surface area (Å²) in [6, 6.07) is 19.1. The fraction of sp³-hybridized carbons (Fsp3) is 0.148. The Labute approximate surface area is 206 Å². The van der Waals surface area contributed by atoms with Crippen LogP contribution in [0.1, 0.15) is 43.9 Å². The molecule has 0 saturated carbocycles. The van der Waals surface area contributed by atoms with Crippen molar-refractivity contribution in [1.29, 1.82) is 0 Å². The smallest absolute Gasteiger partial charge is 0.338 e. The van der Waals surface area contributed by atoms with Crippen LogP contribution in [0.3, 0.4) is 0 Å². The van der Waals surface area contributed by atoms with Crippen LogP contribution in [0.2, 0.25) is 0 Å². The summed E-state index contributed by atoms with van der Waals surface area (Å²) in [6.07, 6.45) is -0.433. The van der Waals surface area contributed by atoms with Gasteiger partial charge in [0.25, 0.3) is 0 Å². The molecule has 0 unspecified atom stereocenters. The number of esters is 2. The van der Waals surface area contributed by atoms with Gasteiger partial charge in [0.15, 0.2) is 24.8 Å². The molecule has 36 heavy (non-hydrogen) atoms. The Bertz CT molecular complexity index is 1240. The molecule has 1 amide bonds. The molecule has 9 heteroatoms. The lowest BCUT2D eigenvalue weighted by Crippen LogP contribution is -2.17. The van der Waals surface area contributed by atoms with Gasteiger partial charge in [0, 0.05) is 23.2 Å². The van der Waals surface area contributed by atoms with Crippen LogP contribution in [0.5, 0.6) is 0 Å². The summed E-state index contributed by atoms with van der Waals surface area (Å²) in [5.41, 5.74) is 1.23. The first-order chi connectivity index (χ1) is 17.3. The first kappa shape index (κ1) is 26.0. The summed E-state index contributed by atoms with van der Waals surface area (Å²) < 4.78 is 22.8. The molecular formula is C27H22FNO7. The Kier molecular flexibility index (Phi) is 9.16. The van der Waals surface area contributed by atoms with Crippen molar-refractivity contribution in [2.24, 2.45) is 0 Å². The van der Waals surface area contributed by atoms with Gasteiger partial charge < -0.3 is 14.8 Å². The Hall–Kier alpha value is -4.66. The van der Waals surface area contributed by atoms with Gasteiger partial charge in [-0.15, -0.1) is 0 Å². The zero-order chi connectivity index (χ0) is 25.9. The van der Waals surface area contributed by atoms with Crippen LogP contribution in [0.25, 0.3) is 0 Å². The highest BCUT2D eigenvalue weighted by Crippen LogP contribution is 2.12. The van der Waals surface area contributed by atoms with Crippen LogP contribution in [0.15, 0.2) is 78.9 Å². The van der Waals surface area contributed by atoms with Crippen molar-refractivity contribution >= 4 is 35.1 Å². The van der Waals surface area contributed by atoms with Gasteiger partial charge in [-0.05, 0) is 48.5 Å². The van der Waals surface area contributed by atoms with Gasteiger partial charge in [-0.2, -0.15) is 0 Å². The number of nitrogens with one attached hydrogen (secondary N) is 1. The fourth-order valence-electron chi connectivity index (χ4n) is 2.99.